The van der Waals surface area contributed by atoms with Crippen LogP contribution < -0.4 is 0 Å². The fraction of sp³-hybridized carbons (Fsp3) is 0.500. The fourth-order valence-electron chi connectivity index (χ4n) is 1.75. The van der Waals surface area contributed by atoms with Crippen molar-refractivity contribution in [3.63, 3.8) is 0 Å². The summed E-state index contributed by atoms with van der Waals surface area (Å²) in [5, 5.41) is 8.75. The van der Waals surface area contributed by atoms with Crippen molar-refractivity contribution < 1.29 is 14.2 Å². The summed E-state index contributed by atoms with van der Waals surface area (Å²) in [6.45, 7) is -0.349. The van der Waals surface area contributed by atoms with E-state index in [0.717, 1.165) is 19.3 Å². The van der Waals surface area contributed by atoms with Gasteiger partial charge in [0.1, 0.15) is 18.2 Å². The van der Waals surface area contributed by atoms with Crippen LogP contribution in [0.15, 0.2) is 18.3 Å². The molecule has 1 fully saturated rings. The van der Waals surface area contributed by atoms with E-state index in [0.29, 0.717) is 5.69 Å². The van der Waals surface area contributed by atoms with Gasteiger partial charge in [-0.05, 0) is 31.4 Å². The van der Waals surface area contributed by atoms with E-state index in [1.807, 2.05) is 0 Å². The maximum atomic E-state index is 12.9. The van der Waals surface area contributed by atoms with Gasteiger partial charge >= 0.3 is 0 Å². The molecular weight excluding hydrogens is 185 g/mol. The van der Waals surface area contributed by atoms with E-state index >= 15 is 0 Å². The molecule has 4 heteroatoms. The Morgan fingerprint density at radius 1 is 1.57 bits per heavy atom. The third-order valence-electron chi connectivity index (χ3n) is 2.69. The van der Waals surface area contributed by atoms with E-state index in [9.17, 15) is 4.39 Å². The molecule has 3 nitrogen and oxygen atoms in total. The number of rotatable bonds is 3. The second-order valence-corrected chi connectivity index (χ2v) is 3.48. The lowest BCUT2D eigenvalue weighted by molar-refractivity contribution is -0.163. The van der Waals surface area contributed by atoms with Crippen LogP contribution in [-0.2, 0) is 10.3 Å². The zero-order valence-corrected chi connectivity index (χ0v) is 7.74. The summed E-state index contributed by atoms with van der Waals surface area (Å²) in [6.07, 6.45) is 4.04. The molecule has 0 aliphatic heterocycles. The number of aliphatic hydroxyl groups excluding tert-OH is 1. The Bertz CT molecular complexity index is 326. The van der Waals surface area contributed by atoms with Gasteiger partial charge in [0.05, 0.1) is 5.69 Å². The molecule has 0 spiro atoms. The molecule has 0 radical (unpaired) electrons. The number of hydrogen-bond donors (Lipinski definition) is 1. The van der Waals surface area contributed by atoms with Crippen LogP contribution in [-0.4, -0.2) is 16.9 Å². The minimum atomic E-state index is -0.545. The van der Waals surface area contributed by atoms with Crippen molar-refractivity contribution in [1.82, 2.24) is 4.98 Å². The third kappa shape index (κ3) is 1.51. The Kier molecular flexibility index (Phi) is 2.48. The third-order valence-corrected chi connectivity index (χ3v) is 2.69. The van der Waals surface area contributed by atoms with Gasteiger partial charge in [-0.25, -0.2) is 4.39 Å². The van der Waals surface area contributed by atoms with Gasteiger partial charge in [0.2, 0.25) is 0 Å². The molecule has 0 aromatic carbocycles. The normalized spacial score (nSPS) is 19.0. The van der Waals surface area contributed by atoms with E-state index in [1.165, 1.54) is 18.3 Å². The van der Waals surface area contributed by atoms with Gasteiger partial charge in [0.25, 0.3) is 0 Å². The molecule has 0 amide bonds. The number of hydrogen-bond acceptors (Lipinski definition) is 3. The summed E-state index contributed by atoms with van der Waals surface area (Å²) < 4.78 is 18.2. The Balaban J connectivity index is 2.27. The first-order valence-electron chi connectivity index (χ1n) is 4.64. The number of aliphatic hydroxyl groups is 1. The maximum Gasteiger partial charge on any atom is 0.144 e. The summed E-state index contributed by atoms with van der Waals surface area (Å²) >= 11 is 0. The lowest BCUT2D eigenvalue weighted by Gasteiger charge is -2.40. The second-order valence-electron chi connectivity index (χ2n) is 3.48. The number of nitrogens with zero attached hydrogens (tertiary/aromatic N) is 1. The predicted molar refractivity (Wildman–Crippen MR) is 47.9 cm³/mol. The molecule has 0 bridgehead atoms. The van der Waals surface area contributed by atoms with E-state index in [2.05, 4.69) is 4.98 Å². The lowest BCUT2D eigenvalue weighted by atomic mass is 9.77. The van der Waals surface area contributed by atoms with Crippen LogP contribution >= 0.6 is 0 Å². The van der Waals surface area contributed by atoms with Crippen molar-refractivity contribution >= 4 is 0 Å². The monoisotopic (exact) mass is 197 g/mol. The molecule has 1 N–H and O–H groups in total. The maximum absolute atomic E-state index is 12.9. The standard InChI is InChI=1S/C10H12FNO2/c11-8-2-5-12-9(6-8)10(14-7-13)3-1-4-10/h2,5-6,13H,1,3-4,7H2. The minimum Gasteiger partial charge on any atom is -0.371 e. The van der Waals surface area contributed by atoms with Crippen molar-refractivity contribution in [3.05, 3.63) is 29.8 Å². The molecule has 1 heterocycles. The Labute approximate surface area is 81.5 Å². The molecule has 14 heavy (non-hydrogen) atoms. The highest BCUT2D eigenvalue weighted by Crippen LogP contribution is 2.43. The molecular formula is C10H12FNO2. The van der Waals surface area contributed by atoms with Gasteiger partial charge in [-0.15, -0.1) is 0 Å². The Morgan fingerprint density at radius 3 is 2.86 bits per heavy atom. The minimum absolute atomic E-state index is 0.317. The summed E-state index contributed by atoms with van der Waals surface area (Å²) in [4.78, 5) is 4.08. The predicted octanol–water partition coefficient (Wildman–Crippen LogP) is 1.57. The quantitative estimate of drug-likeness (QED) is 0.748. The zero-order valence-electron chi connectivity index (χ0n) is 7.74. The van der Waals surface area contributed by atoms with E-state index in [1.54, 1.807) is 0 Å². The number of halogens is 1. The first-order chi connectivity index (χ1) is 6.77. The highest BCUT2D eigenvalue weighted by molar-refractivity contribution is 5.17. The smallest absolute Gasteiger partial charge is 0.144 e. The van der Waals surface area contributed by atoms with Crippen molar-refractivity contribution in [2.45, 2.75) is 24.9 Å². The molecule has 0 saturated heterocycles. The van der Waals surface area contributed by atoms with Gasteiger partial charge in [-0.3, -0.25) is 4.98 Å². The topological polar surface area (TPSA) is 42.4 Å². The highest BCUT2D eigenvalue weighted by atomic mass is 19.1. The Morgan fingerprint density at radius 2 is 2.36 bits per heavy atom. The fourth-order valence-corrected chi connectivity index (χ4v) is 1.75. The van der Waals surface area contributed by atoms with Crippen LogP contribution in [0, 0.1) is 5.82 Å². The van der Waals surface area contributed by atoms with Crippen molar-refractivity contribution in [3.8, 4) is 0 Å². The van der Waals surface area contributed by atoms with E-state index in [4.69, 9.17) is 9.84 Å². The summed E-state index contributed by atoms with van der Waals surface area (Å²) in [5.41, 5.74) is 0.0365. The second kappa shape index (κ2) is 3.63. The van der Waals surface area contributed by atoms with Crippen LogP contribution in [0.25, 0.3) is 0 Å². The molecule has 1 aliphatic rings. The van der Waals surface area contributed by atoms with E-state index < -0.39 is 5.60 Å². The molecule has 1 aromatic rings. The summed E-state index contributed by atoms with van der Waals surface area (Å²) in [7, 11) is 0. The highest BCUT2D eigenvalue weighted by Gasteiger charge is 2.41. The Hall–Kier alpha value is -1.00. The van der Waals surface area contributed by atoms with Gasteiger partial charge in [0, 0.05) is 6.20 Å². The van der Waals surface area contributed by atoms with Crippen molar-refractivity contribution in [1.29, 1.82) is 0 Å². The van der Waals surface area contributed by atoms with Crippen LogP contribution in [0.2, 0.25) is 0 Å². The number of ether oxygens (including phenoxy) is 1. The van der Waals surface area contributed by atoms with Crippen LogP contribution in [0.1, 0.15) is 25.0 Å². The average molecular weight is 197 g/mol. The van der Waals surface area contributed by atoms with Gasteiger partial charge < -0.3 is 9.84 Å². The largest absolute Gasteiger partial charge is 0.371 e. The van der Waals surface area contributed by atoms with Crippen molar-refractivity contribution in [2.75, 3.05) is 6.79 Å². The number of pyridine rings is 1. The summed E-state index contributed by atoms with van der Waals surface area (Å²) in [6, 6.07) is 2.67. The zero-order chi connectivity index (χ0) is 10.0. The molecule has 1 saturated carbocycles. The molecule has 2 rings (SSSR count). The average Bonchev–Trinajstić information content (AvgIpc) is 2.11. The van der Waals surface area contributed by atoms with Gasteiger partial charge in [-0.2, -0.15) is 0 Å². The molecule has 1 aromatic heterocycles. The molecule has 0 unspecified atom stereocenters. The number of aromatic nitrogens is 1. The SMILES string of the molecule is OCOC1(c2cc(F)ccn2)CCC1. The molecule has 0 atom stereocenters. The first kappa shape index (κ1) is 9.55. The molecule has 1 aliphatic carbocycles. The van der Waals surface area contributed by atoms with Crippen LogP contribution in [0.5, 0.6) is 0 Å². The van der Waals surface area contributed by atoms with E-state index in [-0.39, 0.29) is 12.6 Å². The van der Waals surface area contributed by atoms with Crippen LogP contribution in [0.4, 0.5) is 4.39 Å². The van der Waals surface area contributed by atoms with Crippen molar-refractivity contribution in [2.24, 2.45) is 0 Å². The summed E-state index contributed by atoms with van der Waals surface area (Å²) in [5.74, 6) is -0.317. The molecule has 76 valence electrons. The first-order valence-corrected chi connectivity index (χ1v) is 4.64. The lowest BCUT2D eigenvalue weighted by Crippen LogP contribution is -2.38. The van der Waals surface area contributed by atoms with Gasteiger partial charge in [-0.1, -0.05) is 0 Å². The van der Waals surface area contributed by atoms with Gasteiger partial charge in [0.15, 0.2) is 0 Å². The van der Waals surface area contributed by atoms with Crippen LogP contribution in [0.3, 0.4) is 0 Å².